The first-order chi connectivity index (χ1) is 12.2. The highest BCUT2D eigenvalue weighted by Crippen LogP contribution is 2.34. The third-order valence-electron chi connectivity index (χ3n) is 4.51. The Labute approximate surface area is 152 Å². The summed E-state index contributed by atoms with van der Waals surface area (Å²) in [4.78, 5) is 0. The van der Waals surface area contributed by atoms with E-state index < -0.39 is 28.8 Å². The van der Waals surface area contributed by atoms with E-state index in [9.17, 15) is 25.5 Å². The molecule has 0 radical (unpaired) electrons. The Hall–Kier alpha value is -2.60. The SMILES string of the molecule is C[C@@](O)(C(O)=Cc1ccccc1)[C@](C)(O)[C@@H](O)C(O)=Cc1ccccc1. The summed E-state index contributed by atoms with van der Waals surface area (Å²) >= 11 is 0. The Kier molecular flexibility index (Phi) is 5.87. The standard InChI is InChI=1S/C21H24O5/c1-20(25,18(23)14-16-11-7-4-8-12-16)21(2,26)19(24)17(22)13-15-9-5-3-6-10-15/h3-14,19,22-26H,1-2H3/t19-,20+,21+/m0/s1. The van der Waals surface area contributed by atoms with Gasteiger partial charge in [-0.05, 0) is 37.1 Å². The fraction of sp³-hybridized carbons (Fsp3) is 0.238. The third kappa shape index (κ3) is 4.14. The molecule has 0 amide bonds. The molecule has 2 aromatic rings. The fourth-order valence-corrected chi connectivity index (χ4v) is 2.46. The van der Waals surface area contributed by atoms with Gasteiger partial charge in [-0.2, -0.15) is 0 Å². The quantitative estimate of drug-likeness (QED) is 0.512. The molecule has 0 heterocycles. The number of aliphatic hydroxyl groups is 5. The van der Waals surface area contributed by atoms with Crippen LogP contribution in [-0.4, -0.2) is 42.8 Å². The van der Waals surface area contributed by atoms with E-state index in [4.69, 9.17) is 0 Å². The van der Waals surface area contributed by atoms with E-state index in [0.717, 1.165) is 6.92 Å². The summed E-state index contributed by atoms with van der Waals surface area (Å²) in [5.41, 5.74) is -3.26. The van der Waals surface area contributed by atoms with Gasteiger partial charge in [0.25, 0.3) is 0 Å². The number of hydrogen-bond acceptors (Lipinski definition) is 5. The minimum atomic E-state index is -2.27. The molecule has 0 bridgehead atoms. The molecule has 0 saturated carbocycles. The first kappa shape index (κ1) is 19.7. The second-order valence-electron chi connectivity index (χ2n) is 6.54. The van der Waals surface area contributed by atoms with Gasteiger partial charge in [0.05, 0.1) is 0 Å². The second kappa shape index (κ2) is 7.74. The molecule has 5 heteroatoms. The molecule has 2 aromatic carbocycles. The van der Waals surface area contributed by atoms with Gasteiger partial charge in [-0.25, -0.2) is 0 Å². The van der Waals surface area contributed by atoms with Crippen molar-refractivity contribution in [1.29, 1.82) is 0 Å². The lowest BCUT2D eigenvalue weighted by molar-refractivity contribution is -0.175. The Balaban J connectivity index is 2.31. The van der Waals surface area contributed by atoms with Gasteiger partial charge in [-0.15, -0.1) is 0 Å². The van der Waals surface area contributed by atoms with Crippen LogP contribution in [-0.2, 0) is 0 Å². The van der Waals surface area contributed by atoms with Gasteiger partial charge in [0.1, 0.15) is 28.8 Å². The van der Waals surface area contributed by atoms with Crippen LogP contribution in [0.1, 0.15) is 25.0 Å². The van der Waals surface area contributed by atoms with Crippen molar-refractivity contribution in [3.05, 3.63) is 83.3 Å². The second-order valence-corrected chi connectivity index (χ2v) is 6.54. The van der Waals surface area contributed by atoms with Crippen LogP contribution in [0.15, 0.2) is 72.2 Å². The van der Waals surface area contributed by atoms with Crippen molar-refractivity contribution in [2.45, 2.75) is 31.2 Å². The van der Waals surface area contributed by atoms with Crippen LogP contribution in [0.2, 0.25) is 0 Å². The minimum absolute atomic E-state index is 0.533. The molecule has 2 rings (SSSR count). The molecule has 0 fully saturated rings. The van der Waals surface area contributed by atoms with Crippen molar-refractivity contribution in [3.8, 4) is 0 Å². The van der Waals surface area contributed by atoms with Crippen molar-refractivity contribution >= 4 is 12.2 Å². The Bertz CT molecular complexity index is 777. The lowest BCUT2D eigenvalue weighted by atomic mass is 9.78. The Morgan fingerprint density at radius 2 is 1.23 bits per heavy atom. The van der Waals surface area contributed by atoms with Crippen LogP contribution in [0.4, 0.5) is 0 Å². The van der Waals surface area contributed by atoms with Gasteiger partial charge in [-0.3, -0.25) is 0 Å². The van der Waals surface area contributed by atoms with Gasteiger partial charge >= 0.3 is 0 Å². The van der Waals surface area contributed by atoms with Crippen molar-refractivity contribution in [2.24, 2.45) is 0 Å². The lowest BCUT2D eigenvalue weighted by Crippen LogP contribution is -2.59. The van der Waals surface area contributed by atoms with E-state index in [0.29, 0.717) is 11.1 Å². The maximum atomic E-state index is 10.7. The van der Waals surface area contributed by atoms with Gasteiger partial charge in [0.2, 0.25) is 0 Å². The van der Waals surface area contributed by atoms with Gasteiger partial charge in [0, 0.05) is 0 Å². The van der Waals surface area contributed by atoms with Crippen molar-refractivity contribution in [2.75, 3.05) is 0 Å². The number of benzene rings is 2. The molecule has 5 nitrogen and oxygen atoms in total. The fourth-order valence-electron chi connectivity index (χ4n) is 2.46. The topological polar surface area (TPSA) is 101 Å². The van der Waals surface area contributed by atoms with E-state index >= 15 is 0 Å². The predicted molar refractivity (Wildman–Crippen MR) is 101 cm³/mol. The predicted octanol–water partition coefficient (Wildman–Crippen LogP) is 3.05. The third-order valence-corrected chi connectivity index (χ3v) is 4.51. The molecule has 0 aliphatic carbocycles. The molecule has 0 aliphatic rings. The number of rotatable bonds is 6. The van der Waals surface area contributed by atoms with Crippen LogP contribution in [0.25, 0.3) is 12.2 Å². The normalized spacial score (nSPS) is 18.7. The average molecular weight is 356 g/mol. The molecule has 0 unspecified atom stereocenters. The van der Waals surface area contributed by atoms with Crippen LogP contribution < -0.4 is 0 Å². The van der Waals surface area contributed by atoms with E-state index in [-0.39, 0.29) is 0 Å². The van der Waals surface area contributed by atoms with Gasteiger partial charge < -0.3 is 25.5 Å². The summed E-state index contributed by atoms with van der Waals surface area (Å²) in [5.74, 6) is -1.07. The summed E-state index contributed by atoms with van der Waals surface area (Å²) in [7, 11) is 0. The van der Waals surface area contributed by atoms with Crippen molar-refractivity contribution in [3.63, 3.8) is 0 Å². The lowest BCUT2D eigenvalue weighted by Gasteiger charge is -2.40. The van der Waals surface area contributed by atoms with Crippen molar-refractivity contribution < 1.29 is 25.5 Å². The minimum Gasteiger partial charge on any atom is -0.509 e. The summed E-state index contributed by atoms with van der Waals surface area (Å²) in [6, 6.07) is 17.5. The summed E-state index contributed by atoms with van der Waals surface area (Å²) in [6.07, 6.45) is 0.746. The molecule has 0 saturated heterocycles. The zero-order valence-electron chi connectivity index (χ0n) is 14.7. The van der Waals surface area contributed by atoms with Crippen LogP contribution >= 0.6 is 0 Å². The van der Waals surface area contributed by atoms with E-state index in [2.05, 4.69) is 0 Å². The zero-order valence-corrected chi connectivity index (χ0v) is 14.7. The molecular formula is C21H24O5. The first-order valence-electron chi connectivity index (χ1n) is 8.21. The zero-order chi connectivity index (χ0) is 19.4. The monoisotopic (exact) mass is 356 g/mol. The van der Waals surface area contributed by atoms with Gasteiger partial charge in [0.15, 0.2) is 0 Å². The Morgan fingerprint density at radius 1 is 0.808 bits per heavy atom. The number of aliphatic hydroxyl groups excluding tert-OH is 3. The first-order valence-corrected chi connectivity index (χ1v) is 8.21. The summed E-state index contributed by atoms with van der Waals surface area (Å²) < 4.78 is 0. The highest BCUT2D eigenvalue weighted by molar-refractivity contribution is 5.55. The summed E-state index contributed by atoms with van der Waals surface area (Å²) in [5, 5.41) is 52.3. The maximum absolute atomic E-state index is 10.7. The molecule has 0 aliphatic heterocycles. The Morgan fingerprint density at radius 3 is 1.69 bits per heavy atom. The molecule has 138 valence electrons. The van der Waals surface area contributed by atoms with E-state index in [1.165, 1.54) is 19.1 Å². The molecule has 3 atom stereocenters. The number of hydrogen-bond donors (Lipinski definition) is 5. The van der Waals surface area contributed by atoms with Gasteiger partial charge in [-0.1, -0.05) is 60.7 Å². The average Bonchev–Trinajstić information content (AvgIpc) is 2.62. The van der Waals surface area contributed by atoms with Crippen LogP contribution in [0.3, 0.4) is 0 Å². The smallest absolute Gasteiger partial charge is 0.150 e. The highest BCUT2D eigenvalue weighted by atomic mass is 16.4. The van der Waals surface area contributed by atoms with E-state index in [1.54, 1.807) is 60.7 Å². The largest absolute Gasteiger partial charge is 0.509 e. The molecule has 0 spiro atoms. The van der Waals surface area contributed by atoms with E-state index in [1.807, 2.05) is 0 Å². The molecule has 0 aromatic heterocycles. The van der Waals surface area contributed by atoms with Crippen molar-refractivity contribution in [1.82, 2.24) is 0 Å². The highest BCUT2D eigenvalue weighted by Gasteiger charge is 2.51. The molecule has 5 N–H and O–H groups in total. The summed E-state index contributed by atoms with van der Waals surface area (Å²) in [6.45, 7) is 2.31. The van der Waals surface area contributed by atoms with Crippen LogP contribution in [0, 0.1) is 0 Å². The van der Waals surface area contributed by atoms with Crippen LogP contribution in [0.5, 0.6) is 0 Å². The molecular weight excluding hydrogens is 332 g/mol. The maximum Gasteiger partial charge on any atom is 0.150 e. The molecule has 26 heavy (non-hydrogen) atoms.